The highest BCUT2D eigenvalue weighted by Crippen LogP contribution is 2.29. The van der Waals surface area contributed by atoms with E-state index in [0.717, 1.165) is 13.0 Å². The normalized spacial score (nSPS) is 17.9. The highest BCUT2D eigenvalue weighted by Gasteiger charge is 2.26. The molecule has 0 saturated carbocycles. The number of para-hydroxylation sites is 1. The van der Waals surface area contributed by atoms with E-state index in [1.807, 2.05) is 0 Å². The zero-order valence-electron chi connectivity index (χ0n) is 13.5. The molecule has 0 spiro atoms. The minimum atomic E-state index is 0.493. The lowest BCUT2D eigenvalue weighted by atomic mass is 9.92. The van der Waals surface area contributed by atoms with Crippen LogP contribution < -0.4 is 5.32 Å². The van der Waals surface area contributed by atoms with Gasteiger partial charge >= 0.3 is 0 Å². The molecule has 116 valence electrons. The molecule has 0 unspecified atom stereocenters. The Bertz CT molecular complexity index is 788. The smallest absolute Gasteiger partial charge is 0.128 e. The molecular weight excluding hydrogens is 280 g/mol. The molecule has 1 aliphatic rings. The third kappa shape index (κ3) is 2.71. The van der Waals surface area contributed by atoms with E-state index in [-0.39, 0.29) is 0 Å². The van der Waals surface area contributed by atoms with Crippen molar-refractivity contribution in [1.82, 2.24) is 4.57 Å². The number of rotatable bonds is 3. The van der Waals surface area contributed by atoms with Crippen LogP contribution in [0.3, 0.4) is 0 Å². The summed E-state index contributed by atoms with van der Waals surface area (Å²) in [6, 6.07) is 24.6. The van der Waals surface area contributed by atoms with Gasteiger partial charge in [-0.15, -0.1) is 0 Å². The summed E-state index contributed by atoms with van der Waals surface area (Å²) in [6.45, 7) is 3.39. The quantitative estimate of drug-likeness (QED) is 0.760. The van der Waals surface area contributed by atoms with Crippen LogP contribution in [0.2, 0.25) is 0 Å². The third-order valence-corrected chi connectivity index (χ3v) is 5.01. The molecule has 23 heavy (non-hydrogen) atoms. The first kappa shape index (κ1) is 14.3. The van der Waals surface area contributed by atoms with Crippen molar-refractivity contribution in [2.75, 3.05) is 0 Å². The van der Waals surface area contributed by atoms with E-state index in [1.54, 1.807) is 0 Å². The second kappa shape index (κ2) is 6.05. The summed E-state index contributed by atoms with van der Waals surface area (Å²) in [6.07, 6.45) is 3.36. The fraction of sp³-hybridized carbons (Fsp3) is 0.238. The van der Waals surface area contributed by atoms with E-state index >= 15 is 0 Å². The highest BCUT2D eigenvalue weighted by atomic mass is 15.1. The van der Waals surface area contributed by atoms with Crippen molar-refractivity contribution in [1.29, 1.82) is 0 Å². The van der Waals surface area contributed by atoms with Crippen LogP contribution in [0.4, 0.5) is 0 Å². The fourth-order valence-corrected chi connectivity index (χ4v) is 3.74. The van der Waals surface area contributed by atoms with Gasteiger partial charge in [0.1, 0.15) is 12.6 Å². The number of fused-ring (bicyclic) bond motifs is 3. The zero-order chi connectivity index (χ0) is 15.6. The third-order valence-electron chi connectivity index (χ3n) is 5.01. The van der Waals surface area contributed by atoms with Gasteiger partial charge in [-0.05, 0) is 29.7 Å². The molecule has 2 atom stereocenters. The SMILES string of the molecule is C[C@H](C[C@@H]1[NH2+]Cc2ccccc2-n2cccc21)c1ccccc1. The van der Waals surface area contributed by atoms with Gasteiger partial charge in [0, 0.05) is 18.2 Å². The summed E-state index contributed by atoms with van der Waals surface area (Å²) >= 11 is 0. The second-order valence-electron chi connectivity index (χ2n) is 6.53. The summed E-state index contributed by atoms with van der Waals surface area (Å²) in [5.74, 6) is 0.557. The van der Waals surface area contributed by atoms with Gasteiger partial charge in [0.25, 0.3) is 0 Å². The zero-order valence-corrected chi connectivity index (χ0v) is 13.5. The van der Waals surface area contributed by atoms with E-state index in [9.17, 15) is 0 Å². The first-order valence-corrected chi connectivity index (χ1v) is 8.47. The lowest BCUT2D eigenvalue weighted by Crippen LogP contribution is -2.83. The number of quaternary nitrogens is 1. The molecule has 0 saturated heterocycles. The van der Waals surface area contributed by atoms with Crippen molar-refractivity contribution < 1.29 is 5.32 Å². The monoisotopic (exact) mass is 303 g/mol. The van der Waals surface area contributed by atoms with E-state index in [1.165, 1.54) is 22.5 Å². The van der Waals surface area contributed by atoms with Crippen LogP contribution >= 0.6 is 0 Å². The van der Waals surface area contributed by atoms with Crippen molar-refractivity contribution in [3.63, 3.8) is 0 Å². The lowest BCUT2D eigenvalue weighted by molar-refractivity contribution is -0.712. The Labute approximate surface area is 137 Å². The molecule has 4 rings (SSSR count). The van der Waals surface area contributed by atoms with Gasteiger partial charge in [0.05, 0.1) is 11.4 Å². The first-order valence-electron chi connectivity index (χ1n) is 8.47. The van der Waals surface area contributed by atoms with Crippen LogP contribution in [0.25, 0.3) is 5.69 Å². The Hall–Kier alpha value is -2.32. The van der Waals surface area contributed by atoms with Gasteiger partial charge < -0.3 is 9.88 Å². The average Bonchev–Trinajstić information content (AvgIpc) is 3.04. The van der Waals surface area contributed by atoms with Crippen LogP contribution in [-0.2, 0) is 6.54 Å². The van der Waals surface area contributed by atoms with E-state index in [4.69, 9.17) is 0 Å². The number of nitrogens with zero attached hydrogens (tertiary/aromatic N) is 1. The van der Waals surface area contributed by atoms with Crippen LogP contribution in [0.5, 0.6) is 0 Å². The van der Waals surface area contributed by atoms with E-state index in [0.29, 0.717) is 12.0 Å². The predicted molar refractivity (Wildman–Crippen MR) is 93.6 cm³/mol. The van der Waals surface area contributed by atoms with E-state index in [2.05, 4.69) is 89.7 Å². The van der Waals surface area contributed by atoms with E-state index < -0.39 is 0 Å². The molecule has 2 heteroatoms. The van der Waals surface area contributed by atoms with Crippen LogP contribution in [0, 0.1) is 0 Å². The summed E-state index contributed by atoms with van der Waals surface area (Å²) in [7, 11) is 0. The summed E-state index contributed by atoms with van der Waals surface area (Å²) < 4.78 is 2.38. The largest absolute Gasteiger partial charge is 0.335 e. The Morgan fingerprint density at radius 2 is 1.78 bits per heavy atom. The summed E-state index contributed by atoms with van der Waals surface area (Å²) in [4.78, 5) is 0. The minimum absolute atomic E-state index is 0.493. The van der Waals surface area contributed by atoms with Gasteiger partial charge in [-0.2, -0.15) is 0 Å². The maximum absolute atomic E-state index is 2.50. The molecule has 2 nitrogen and oxygen atoms in total. The Balaban J connectivity index is 1.65. The predicted octanol–water partition coefficient (Wildman–Crippen LogP) is 3.79. The Kier molecular flexibility index (Phi) is 3.76. The number of hydrogen-bond acceptors (Lipinski definition) is 0. The van der Waals surface area contributed by atoms with Gasteiger partial charge in [0.15, 0.2) is 0 Å². The topological polar surface area (TPSA) is 21.5 Å². The molecule has 0 fully saturated rings. The van der Waals surface area contributed by atoms with Crippen molar-refractivity contribution in [2.45, 2.75) is 31.8 Å². The molecule has 0 bridgehead atoms. The number of nitrogens with two attached hydrogens (primary N) is 1. The van der Waals surface area contributed by atoms with Crippen molar-refractivity contribution >= 4 is 0 Å². The van der Waals surface area contributed by atoms with Crippen molar-refractivity contribution in [3.05, 3.63) is 89.7 Å². The van der Waals surface area contributed by atoms with Gasteiger partial charge in [0.2, 0.25) is 0 Å². The molecule has 2 heterocycles. The standard InChI is InChI=1S/C21H22N2/c1-16(17-8-3-2-4-9-17)14-19-21-12-7-13-23(21)20-11-6-5-10-18(20)15-22-19/h2-13,16,19,22H,14-15H2,1H3/p+1/t16-,19+/m1/s1. The number of benzene rings is 2. The molecule has 0 aliphatic carbocycles. The average molecular weight is 303 g/mol. The van der Waals surface area contributed by atoms with Gasteiger partial charge in [-0.25, -0.2) is 0 Å². The molecule has 0 radical (unpaired) electrons. The summed E-state index contributed by atoms with van der Waals surface area (Å²) in [5, 5.41) is 2.50. The molecule has 1 aliphatic heterocycles. The molecule has 2 aromatic carbocycles. The maximum Gasteiger partial charge on any atom is 0.128 e. The number of hydrogen-bond donors (Lipinski definition) is 1. The number of aromatic nitrogens is 1. The van der Waals surface area contributed by atoms with Crippen molar-refractivity contribution in [2.24, 2.45) is 0 Å². The van der Waals surface area contributed by atoms with Crippen molar-refractivity contribution in [3.8, 4) is 5.69 Å². The minimum Gasteiger partial charge on any atom is -0.335 e. The molecule has 3 aromatic rings. The van der Waals surface area contributed by atoms with Gasteiger partial charge in [-0.3, -0.25) is 0 Å². The van der Waals surface area contributed by atoms with Crippen LogP contribution in [-0.4, -0.2) is 4.57 Å². The second-order valence-corrected chi connectivity index (χ2v) is 6.53. The van der Waals surface area contributed by atoms with Gasteiger partial charge in [-0.1, -0.05) is 55.5 Å². The molecule has 0 amide bonds. The molecule has 1 aromatic heterocycles. The Morgan fingerprint density at radius 3 is 2.65 bits per heavy atom. The summed E-state index contributed by atoms with van der Waals surface area (Å²) in [5.41, 5.74) is 5.59. The van der Waals surface area contributed by atoms with Crippen LogP contribution in [0.1, 0.15) is 42.1 Å². The highest BCUT2D eigenvalue weighted by molar-refractivity contribution is 5.43. The van der Waals surface area contributed by atoms with Crippen LogP contribution in [0.15, 0.2) is 72.9 Å². The Morgan fingerprint density at radius 1 is 1.00 bits per heavy atom. The molecular formula is C21H23N2+. The first-order chi connectivity index (χ1) is 11.3. The maximum atomic E-state index is 2.50. The lowest BCUT2D eigenvalue weighted by Gasteiger charge is -2.19. The fourth-order valence-electron chi connectivity index (χ4n) is 3.74. The molecule has 2 N–H and O–H groups in total.